The van der Waals surface area contributed by atoms with Crippen molar-refractivity contribution in [1.82, 2.24) is 0 Å². The largest absolute Gasteiger partial charge is 0.497 e. The van der Waals surface area contributed by atoms with Crippen LogP contribution in [0.4, 0.5) is 0 Å². The second kappa shape index (κ2) is 7.70. The van der Waals surface area contributed by atoms with E-state index >= 15 is 0 Å². The first-order valence-electron chi connectivity index (χ1n) is 6.64. The molecule has 0 saturated heterocycles. The smallest absolute Gasteiger partial charge is 0.233 e. The van der Waals surface area contributed by atoms with E-state index in [4.69, 9.17) is 20.2 Å². The Kier molecular flexibility index (Phi) is 6.81. The number of halogens is 2. The van der Waals surface area contributed by atoms with Gasteiger partial charge in [-0.25, -0.2) is 8.42 Å². The van der Waals surface area contributed by atoms with Crippen LogP contribution in [0, 0.1) is 5.41 Å². The van der Waals surface area contributed by atoms with Gasteiger partial charge in [-0.1, -0.05) is 13.8 Å². The van der Waals surface area contributed by atoms with E-state index in [2.05, 4.69) is 15.9 Å². The first-order chi connectivity index (χ1) is 9.75. The third-order valence-electron chi connectivity index (χ3n) is 3.65. The van der Waals surface area contributed by atoms with Crippen LogP contribution in [0.1, 0.15) is 26.7 Å². The first-order valence-corrected chi connectivity index (χ1v) is 9.91. The Balaban J connectivity index is 2.87. The van der Waals surface area contributed by atoms with Crippen LogP contribution in [0.3, 0.4) is 0 Å². The zero-order valence-electron chi connectivity index (χ0n) is 12.4. The van der Waals surface area contributed by atoms with E-state index in [0.29, 0.717) is 18.6 Å². The lowest BCUT2D eigenvalue weighted by Crippen LogP contribution is -2.33. The van der Waals surface area contributed by atoms with Crippen molar-refractivity contribution in [3.05, 3.63) is 22.7 Å². The van der Waals surface area contributed by atoms with Crippen LogP contribution < -0.4 is 9.47 Å². The lowest BCUT2D eigenvalue weighted by Gasteiger charge is -2.30. The number of ether oxygens (including phenoxy) is 2. The summed E-state index contributed by atoms with van der Waals surface area (Å²) in [6.45, 7) is 4.17. The molecule has 4 nitrogen and oxygen atoms in total. The van der Waals surface area contributed by atoms with Gasteiger partial charge in [-0.2, -0.15) is 0 Å². The van der Waals surface area contributed by atoms with E-state index in [0.717, 1.165) is 10.2 Å². The highest BCUT2D eigenvalue weighted by molar-refractivity contribution is 9.10. The number of benzene rings is 1. The molecule has 1 rings (SSSR count). The summed E-state index contributed by atoms with van der Waals surface area (Å²) in [5, 5.41) is 0. The highest BCUT2D eigenvalue weighted by Gasteiger charge is 2.32. The summed E-state index contributed by atoms with van der Waals surface area (Å²) in [5.41, 5.74) is -0.486. The maximum Gasteiger partial charge on any atom is 0.233 e. The third kappa shape index (κ3) is 5.68. The van der Waals surface area contributed by atoms with Crippen LogP contribution in [0.5, 0.6) is 11.5 Å². The van der Waals surface area contributed by atoms with Gasteiger partial charge in [0, 0.05) is 16.1 Å². The van der Waals surface area contributed by atoms with Crippen LogP contribution in [-0.2, 0) is 9.05 Å². The molecule has 0 aromatic heterocycles. The standard InChI is InChI=1S/C14H20BrClO4S/c1-4-14(5-2,10-21(16,17)18)9-20-13-7-6-11(19-3)8-12(13)15/h6-8H,4-5,9-10H2,1-3H3. The molecule has 0 heterocycles. The Morgan fingerprint density at radius 1 is 1.29 bits per heavy atom. The molecule has 0 radical (unpaired) electrons. The normalized spacial score (nSPS) is 12.2. The molecule has 120 valence electrons. The Morgan fingerprint density at radius 2 is 1.90 bits per heavy atom. The summed E-state index contributed by atoms with van der Waals surface area (Å²) >= 11 is 3.41. The summed E-state index contributed by atoms with van der Waals surface area (Å²) < 4.78 is 34.5. The summed E-state index contributed by atoms with van der Waals surface area (Å²) in [6.07, 6.45) is 1.34. The average molecular weight is 400 g/mol. The molecule has 0 aliphatic carbocycles. The first kappa shape index (κ1) is 18.6. The van der Waals surface area contributed by atoms with Gasteiger partial charge in [-0.15, -0.1) is 0 Å². The molecule has 0 atom stereocenters. The molecule has 0 aliphatic heterocycles. The van der Waals surface area contributed by atoms with Crippen LogP contribution in [0.25, 0.3) is 0 Å². The number of hydrogen-bond donors (Lipinski definition) is 0. The summed E-state index contributed by atoms with van der Waals surface area (Å²) in [5.74, 6) is 1.27. The lowest BCUT2D eigenvalue weighted by atomic mass is 9.85. The molecule has 1 aromatic rings. The summed E-state index contributed by atoms with van der Waals surface area (Å²) in [7, 11) is 3.44. The zero-order chi connectivity index (χ0) is 16.1. The Bertz CT molecular complexity index is 570. The monoisotopic (exact) mass is 398 g/mol. The summed E-state index contributed by atoms with van der Waals surface area (Å²) in [4.78, 5) is 0. The molecular weight excluding hydrogens is 380 g/mol. The SMILES string of the molecule is CCC(CC)(COc1ccc(OC)cc1Br)CS(=O)(=O)Cl. The average Bonchev–Trinajstić information content (AvgIpc) is 2.43. The quantitative estimate of drug-likeness (QED) is 0.614. The minimum absolute atomic E-state index is 0.0949. The molecule has 0 fully saturated rings. The van der Waals surface area contributed by atoms with Gasteiger partial charge in [0.25, 0.3) is 0 Å². The molecule has 0 aliphatic rings. The van der Waals surface area contributed by atoms with Gasteiger partial charge >= 0.3 is 0 Å². The van der Waals surface area contributed by atoms with E-state index in [9.17, 15) is 8.42 Å². The Labute approximate surface area is 139 Å². The van der Waals surface area contributed by atoms with Crippen molar-refractivity contribution in [2.75, 3.05) is 19.5 Å². The minimum Gasteiger partial charge on any atom is -0.497 e. The molecule has 21 heavy (non-hydrogen) atoms. The zero-order valence-corrected chi connectivity index (χ0v) is 15.5. The lowest BCUT2D eigenvalue weighted by molar-refractivity contribution is 0.154. The van der Waals surface area contributed by atoms with Gasteiger partial charge < -0.3 is 9.47 Å². The van der Waals surface area contributed by atoms with Crippen molar-refractivity contribution >= 4 is 35.7 Å². The molecule has 0 N–H and O–H groups in total. The van der Waals surface area contributed by atoms with Gasteiger partial charge in [0.05, 0.1) is 23.9 Å². The molecule has 0 unspecified atom stereocenters. The van der Waals surface area contributed by atoms with Gasteiger partial charge in [-0.3, -0.25) is 0 Å². The molecule has 0 bridgehead atoms. The van der Waals surface area contributed by atoms with Crippen LogP contribution in [0.2, 0.25) is 0 Å². The molecule has 0 amide bonds. The van der Waals surface area contributed by atoms with Gasteiger partial charge in [0.2, 0.25) is 9.05 Å². The Morgan fingerprint density at radius 3 is 2.33 bits per heavy atom. The minimum atomic E-state index is -3.57. The van der Waals surface area contributed by atoms with Gasteiger partial charge in [0.1, 0.15) is 11.5 Å². The number of hydrogen-bond acceptors (Lipinski definition) is 4. The fraction of sp³-hybridized carbons (Fsp3) is 0.571. The number of methoxy groups -OCH3 is 1. The van der Waals surface area contributed by atoms with Crippen LogP contribution in [-0.4, -0.2) is 27.9 Å². The fourth-order valence-electron chi connectivity index (χ4n) is 2.02. The summed E-state index contributed by atoms with van der Waals surface area (Å²) in [6, 6.07) is 5.37. The molecule has 0 spiro atoms. The van der Waals surface area contributed by atoms with Crippen molar-refractivity contribution in [3.63, 3.8) is 0 Å². The van der Waals surface area contributed by atoms with Crippen molar-refractivity contribution in [2.45, 2.75) is 26.7 Å². The van der Waals surface area contributed by atoms with E-state index in [1.165, 1.54) is 0 Å². The molecule has 0 saturated carbocycles. The van der Waals surface area contributed by atoms with E-state index in [1.54, 1.807) is 25.3 Å². The second-order valence-corrected chi connectivity index (χ2v) is 8.61. The van der Waals surface area contributed by atoms with E-state index < -0.39 is 14.5 Å². The van der Waals surface area contributed by atoms with E-state index in [1.807, 2.05) is 13.8 Å². The van der Waals surface area contributed by atoms with Crippen LogP contribution in [0.15, 0.2) is 22.7 Å². The highest BCUT2D eigenvalue weighted by atomic mass is 79.9. The predicted octanol–water partition coefficient (Wildman–Crippen LogP) is 4.21. The maximum atomic E-state index is 11.4. The maximum absolute atomic E-state index is 11.4. The molecule has 7 heteroatoms. The molecular formula is C14H20BrClO4S. The fourth-order valence-corrected chi connectivity index (χ4v) is 4.41. The van der Waals surface area contributed by atoms with Crippen molar-refractivity contribution < 1.29 is 17.9 Å². The molecule has 1 aromatic carbocycles. The highest BCUT2D eigenvalue weighted by Crippen LogP contribution is 2.34. The predicted molar refractivity (Wildman–Crippen MR) is 88.8 cm³/mol. The third-order valence-corrected chi connectivity index (χ3v) is 5.56. The van der Waals surface area contributed by atoms with Gasteiger partial charge in [0.15, 0.2) is 0 Å². The van der Waals surface area contributed by atoms with Crippen molar-refractivity contribution in [1.29, 1.82) is 0 Å². The topological polar surface area (TPSA) is 52.6 Å². The Hall–Kier alpha value is -0.460. The van der Waals surface area contributed by atoms with Gasteiger partial charge in [-0.05, 0) is 47.0 Å². The van der Waals surface area contributed by atoms with Crippen molar-refractivity contribution in [2.24, 2.45) is 5.41 Å². The van der Waals surface area contributed by atoms with E-state index in [-0.39, 0.29) is 12.4 Å². The number of rotatable bonds is 8. The van der Waals surface area contributed by atoms with Crippen molar-refractivity contribution in [3.8, 4) is 11.5 Å². The second-order valence-electron chi connectivity index (χ2n) is 4.98. The van der Waals surface area contributed by atoms with Crippen LogP contribution >= 0.6 is 26.6 Å².